The molecule has 0 radical (unpaired) electrons. The van der Waals surface area contributed by atoms with E-state index < -0.39 is 10.0 Å². The Balaban J connectivity index is 1.54. The predicted molar refractivity (Wildman–Crippen MR) is 122 cm³/mol. The number of hydrogen-bond donors (Lipinski definition) is 0. The Labute approximate surface area is 186 Å². The third-order valence-corrected chi connectivity index (χ3v) is 8.75. The first-order valence-electron chi connectivity index (χ1n) is 9.92. The zero-order chi connectivity index (χ0) is 21.3. The number of halogens is 1. The molecule has 0 aromatic heterocycles. The van der Waals surface area contributed by atoms with Crippen LogP contribution in [0.15, 0.2) is 52.3 Å². The van der Waals surface area contributed by atoms with E-state index in [-0.39, 0.29) is 10.8 Å². The quantitative estimate of drug-likeness (QED) is 0.691. The summed E-state index contributed by atoms with van der Waals surface area (Å²) in [5, 5.41) is 0.681. The van der Waals surface area contributed by atoms with Crippen LogP contribution in [0.3, 0.4) is 0 Å². The zero-order valence-electron chi connectivity index (χ0n) is 16.8. The van der Waals surface area contributed by atoms with E-state index in [1.165, 1.54) is 11.2 Å². The van der Waals surface area contributed by atoms with Gasteiger partial charge in [0.25, 0.3) is 0 Å². The van der Waals surface area contributed by atoms with Crippen LogP contribution in [0.25, 0.3) is 0 Å². The summed E-state index contributed by atoms with van der Waals surface area (Å²) >= 11 is 7.63. The molecular formula is C21H24ClN3O3S2. The molecule has 0 aliphatic carbocycles. The molecule has 160 valence electrons. The van der Waals surface area contributed by atoms with Crippen molar-refractivity contribution in [2.45, 2.75) is 23.1 Å². The highest BCUT2D eigenvalue weighted by atomic mass is 35.5. The second-order valence-corrected chi connectivity index (χ2v) is 10.9. The number of amides is 1. The minimum atomic E-state index is -3.63. The average Bonchev–Trinajstić information content (AvgIpc) is 2.96. The highest BCUT2D eigenvalue weighted by Crippen LogP contribution is 2.36. The van der Waals surface area contributed by atoms with Crippen LogP contribution in [0.2, 0.25) is 5.02 Å². The van der Waals surface area contributed by atoms with Gasteiger partial charge in [0, 0.05) is 55.3 Å². The van der Waals surface area contributed by atoms with E-state index in [2.05, 4.69) is 4.90 Å². The van der Waals surface area contributed by atoms with Crippen molar-refractivity contribution in [3.05, 3.63) is 47.5 Å². The molecule has 0 saturated carbocycles. The molecule has 6 nitrogen and oxygen atoms in total. The van der Waals surface area contributed by atoms with Crippen LogP contribution in [0.1, 0.15) is 13.3 Å². The van der Waals surface area contributed by atoms with Crippen molar-refractivity contribution in [3.63, 3.8) is 0 Å². The highest BCUT2D eigenvalue weighted by molar-refractivity contribution is 7.99. The van der Waals surface area contributed by atoms with E-state index >= 15 is 0 Å². The van der Waals surface area contributed by atoms with Gasteiger partial charge in [-0.15, -0.1) is 11.8 Å². The van der Waals surface area contributed by atoms with Crippen molar-refractivity contribution >= 4 is 50.7 Å². The summed E-state index contributed by atoms with van der Waals surface area (Å²) < 4.78 is 28.1. The van der Waals surface area contributed by atoms with Crippen LogP contribution >= 0.6 is 23.4 Å². The van der Waals surface area contributed by atoms with E-state index in [4.69, 9.17) is 11.6 Å². The lowest BCUT2D eigenvalue weighted by molar-refractivity contribution is -0.116. The van der Waals surface area contributed by atoms with Gasteiger partial charge >= 0.3 is 0 Å². The number of carbonyl (C=O) groups excluding carboxylic acids is 1. The van der Waals surface area contributed by atoms with Gasteiger partial charge in [-0.05, 0) is 54.6 Å². The number of benzene rings is 2. The summed E-state index contributed by atoms with van der Waals surface area (Å²) in [6, 6.07) is 12.7. The molecule has 0 unspecified atom stereocenters. The molecule has 1 amide bonds. The number of piperazine rings is 1. The van der Waals surface area contributed by atoms with Crippen LogP contribution in [-0.4, -0.2) is 57.1 Å². The van der Waals surface area contributed by atoms with Crippen molar-refractivity contribution in [3.8, 4) is 0 Å². The monoisotopic (exact) mass is 465 g/mol. The SMILES string of the molecule is CC(=O)N1CCCSc2ccc(S(=O)(=O)N3CCN(c4ccc(Cl)cc4)CC3)cc21. The molecule has 2 aliphatic heterocycles. The fraction of sp³-hybridized carbons (Fsp3) is 0.381. The van der Waals surface area contributed by atoms with E-state index in [0.29, 0.717) is 43.4 Å². The van der Waals surface area contributed by atoms with Gasteiger partial charge < -0.3 is 9.80 Å². The second kappa shape index (κ2) is 8.78. The first-order valence-corrected chi connectivity index (χ1v) is 12.7. The molecule has 2 aromatic carbocycles. The molecule has 0 N–H and O–H groups in total. The van der Waals surface area contributed by atoms with Crippen LogP contribution < -0.4 is 9.80 Å². The van der Waals surface area contributed by atoms with Gasteiger partial charge in [0.15, 0.2) is 0 Å². The molecular weight excluding hydrogens is 442 g/mol. The predicted octanol–water partition coefficient (Wildman–Crippen LogP) is 3.70. The maximum atomic E-state index is 13.3. The highest BCUT2D eigenvalue weighted by Gasteiger charge is 2.30. The molecule has 4 rings (SSSR count). The Morgan fingerprint density at radius 1 is 1.00 bits per heavy atom. The minimum Gasteiger partial charge on any atom is -0.369 e. The van der Waals surface area contributed by atoms with E-state index in [1.807, 2.05) is 30.3 Å². The van der Waals surface area contributed by atoms with Gasteiger partial charge in [-0.25, -0.2) is 8.42 Å². The summed E-state index contributed by atoms with van der Waals surface area (Å²) in [5.74, 6) is 0.847. The van der Waals surface area contributed by atoms with Crippen LogP contribution in [0, 0.1) is 0 Å². The standard InChI is InChI=1S/C21H24ClN3O3S2/c1-16(26)25-9-2-14-29-21-8-7-19(15-20(21)25)30(27,28)24-12-10-23(11-13-24)18-5-3-17(22)4-6-18/h3-8,15H,2,9-14H2,1H3. The van der Waals surface area contributed by atoms with E-state index in [0.717, 1.165) is 22.8 Å². The smallest absolute Gasteiger partial charge is 0.243 e. The Morgan fingerprint density at radius 3 is 2.37 bits per heavy atom. The van der Waals surface area contributed by atoms with Gasteiger partial charge in [0.2, 0.25) is 15.9 Å². The number of thioether (sulfide) groups is 1. The lowest BCUT2D eigenvalue weighted by Gasteiger charge is -2.35. The maximum Gasteiger partial charge on any atom is 0.243 e. The lowest BCUT2D eigenvalue weighted by Crippen LogP contribution is -2.48. The lowest BCUT2D eigenvalue weighted by atomic mass is 10.2. The summed E-state index contributed by atoms with van der Waals surface area (Å²) in [4.78, 5) is 17.2. The zero-order valence-corrected chi connectivity index (χ0v) is 19.1. The second-order valence-electron chi connectivity index (χ2n) is 7.37. The first-order chi connectivity index (χ1) is 14.4. The Hall–Kier alpha value is -1.74. The topological polar surface area (TPSA) is 60.9 Å². The molecule has 1 saturated heterocycles. The van der Waals surface area contributed by atoms with Crippen LogP contribution in [0.4, 0.5) is 11.4 Å². The normalized spacial score (nSPS) is 18.1. The summed E-state index contributed by atoms with van der Waals surface area (Å²) in [6.07, 6.45) is 0.883. The summed E-state index contributed by atoms with van der Waals surface area (Å²) in [7, 11) is -3.63. The van der Waals surface area contributed by atoms with Crippen molar-refractivity contribution in [2.75, 3.05) is 48.3 Å². The number of carbonyl (C=O) groups is 1. The van der Waals surface area contributed by atoms with Crippen molar-refractivity contribution in [1.82, 2.24) is 4.31 Å². The number of fused-ring (bicyclic) bond motifs is 1. The first kappa shape index (κ1) is 21.5. The number of rotatable bonds is 3. The number of sulfonamides is 1. The molecule has 0 bridgehead atoms. The molecule has 2 heterocycles. The largest absolute Gasteiger partial charge is 0.369 e. The fourth-order valence-corrected chi connectivity index (χ4v) is 6.37. The molecule has 0 atom stereocenters. The van der Waals surface area contributed by atoms with E-state index in [9.17, 15) is 13.2 Å². The Bertz CT molecular complexity index is 1040. The molecule has 9 heteroatoms. The fourth-order valence-electron chi connectivity index (χ4n) is 3.83. The van der Waals surface area contributed by atoms with Crippen LogP contribution in [-0.2, 0) is 14.8 Å². The van der Waals surface area contributed by atoms with Crippen molar-refractivity contribution < 1.29 is 13.2 Å². The number of anilines is 2. The molecule has 0 spiro atoms. The Morgan fingerprint density at radius 2 is 1.70 bits per heavy atom. The molecule has 2 aromatic rings. The van der Waals surface area contributed by atoms with Gasteiger partial charge in [0.1, 0.15) is 0 Å². The molecule has 30 heavy (non-hydrogen) atoms. The number of nitrogens with zero attached hydrogens (tertiary/aromatic N) is 3. The van der Waals surface area contributed by atoms with Crippen molar-refractivity contribution in [2.24, 2.45) is 0 Å². The summed E-state index contributed by atoms with van der Waals surface area (Å²) in [5.41, 5.74) is 1.74. The van der Waals surface area contributed by atoms with E-state index in [1.54, 1.807) is 28.8 Å². The van der Waals surface area contributed by atoms with Gasteiger partial charge in [0.05, 0.1) is 10.6 Å². The summed E-state index contributed by atoms with van der Waals surface area (Å²) in [6.45, 7) is 4.18. The third-order valence-electron chi connectivity index (χ3n) is 5.45. The van der Waals surface area contributed by atoms with Gasteiger partial charge in [-0.2, -0.15) is 4.31 Å². The maximum absolute atomic E-state index is 13.3. The third kappa shape index (κ3) is 4.32. The van der Waals surface area contributed by atoms with Crippen molar-refractivity contribution in [1.29, 1.82) is 0 Å². The van der Waals surface area contributed by atoms with Crippen LogP contribution in [0.5, 0.6) is 0 Å². The van der Waals surface area contributed by atoms with Gasteiger partial charge in [-0.1, -0.05) is 11.6 Å². The Kier molecular flexibility index (Phi) is 6.29. The average molecular weight is 466 g/mol. The molecule has 2 aliphatic rings. The van der Waals surface area contributed by atoms with Gasteiger partial charge in [-0.3, -0.25) is 4.79 Å². The number of hydrogen-bond acceptors (Lipinski definition) is 5. The molecule has 1 fully saturated rings. The minimum absolute atomic E-state index is 0.0649.